The van der Waals surface area contributed by atoms with E-state index < -0.39 is 18.0 Å². The molecule has 6 heteroatoms. The lowest BCUT2D eigenvalue weighted by Gasteiger charge is -2.29. The Morgan fingerprint density at radius 3 is 1.67 bits per heavy atom. The van der Waals surface area contributed by atoms with Crippen LogP contribution in [-0.2, 0) is 32.2 Å². The van der Waals surface area contributed by atoms with Gasteiger partial charge in [-0.3, -0.25) is 0 Å². The number of rotatable bonds is 12. The van der Waals surface area contributed by atoms with Crippen LogP contribution in [0.2, 0.25) is 0 Å². The van der Waals surface area contributed by atoms with Crippen molar-refractivity contribution in [2.75, 3.05) is 6.61 Å². The monoisotopic (exact) mass is 496 g/mol. The van der Waals surface area contributed by atoms with Gasteiger partial charge in [0.15, 0.2) is 0 Å². The Balaban J connectivity index is 1.59. The van der Waals surface area contributed by atoms with Crippen molar-refractivity contribution in [3.63, 3.8) is 0 Å². The molecule has 0 heterocycles. The fourth-order valence-electron chi connectivity index (χ4n) is 4.22. The van der Waals surface area contributed by atoms with Gasteiger partial charge in [-0.25, -0.2) is 9.59 Å². The molecule has 36 heavy (non-hydrogen) atoms. The number of hydrogen-bond acceptors (Lipinski definition) is 6. The second kappa shape index (κ2) is 14.1. The van der Waals surface area contributed by atoms with Crippen molar-refractivity contribution >= 4 is 11.9 Å². The molecule has 6 nitrogen and oxygen atoms in total. The van der Waals surface area contributed by atoms with Gasteiger partial charge in [0.2, 0.25) is 0 Å². The third-order valence-electron chi connectivity index (χ3n) is 6.36. The van der Waals surface area contributed by atoms with E-state index in [1.54, 1.807) is 24.3 Å². The minimum absolute atomic E-state index is 0.0494. The molecule has 1 unspecified atom stereocenters. The first-order valence-corrected chi connectivity index (χ1v) is 13.1. The molecule has 1 aliphatic rings. The van der Waals surface area contributed by atoms with E-state index >= 15 is 0 Å². The summed E-state index contributed by atoms with van der Waals surface area (Å²) in [6.45, 7) is 8.99. The first-order valence-electron chi connectivity index (χ1n) is 13.1. The van der Waals surface area contributed by atoms with Gasteiger partial charge in [-0.05, 0) is 81.8 Å². The molecule has 2 aromatic carbocycles. The van der Waals surface area contributed by atoms with Gasteiger partial charge in [0.1, 0.15) is 12.7 Å². The van der Waals surface area contributed by atoms with E-state index in [1.807, 2.05) is 52.0 Å². The Hall–Kier alpha value is -2.70. The molecule has 196 valence electrons. The molecule has 1 atom stereocenters. The average Bonchev–Trinajstić information content (AvgIpc) is 2.89. The van der Waals surface area contributed by atoms with E-state index in [0.29, 0.717) is 24.3 Å². The Kier molecular flexibility index (Phi) is 11.0. The third kappa shape index (κ3) is 9.07. The van der Waals surface area contributed by atoms with Crippen molar-refractivity contribution in [3.05, 3.63) is 70.8 Å². The van der Waals surface area contributed by atoms with Crippen LogP contribution in [0.1, 0.15) is 91.6 Å². The summed E-state index contributed by atoms with van der Waals surface area (Å²) in [5, 5.41) is 0. The van der Waals surface area contributed by atoms with Crippen LogP contribution in [0.5, 0.6) is 0 Å². The van der Waals surface area contributed by atoms with Gasteiger partial charge in [-0.1, -0.05) is 43.5 Å². The normalized spacial score (nSPS) is 15.2. The Labute approximate surface area is 215 Å². The van der Waals surface area contributed by atoms with Crippen LogP contribution >= 0.6 is 0 Å². The second-order valence-corrected chi connectivity index (χ2v) is 10.1. The maximum atomic E-state index is 12.9. The SMILES string of the molecule is CC(C)OCc1ccc(C(=O)OCC(OC(=O)c2ccc(COC(C)C)cc2)C2CCCCC2)cc1. The Morgan fingerprint density at radius 2 is 1.19 bits per heavy atom. The minimum Gasteiger partial charge on any atom is -0.458 e. The van der Waals surface area contributed by atoms with Crippen molar-refractivity contribution in [2.45, 2.75) is 91.3 Å². The van der Waals surface area contributed by atoms with Gasteiger partial charge in [0, 0.05) is 0 Å². The summed E-state index contributed by atoms with van der Waals surface area (Å²) in [6.07, 6.45) is 5.12. The van der Waals surface area contributed by atoms with Crippen LogP contribution in [0.3, 0.4) is 0 Å². The van der Waals surface area contributed by atoms with Crippen LogP contribution in [0.4, 0.5) is 0 Å². The summed E-state index contributed by atoms with van der Waals surface area (Å²) < 4.78 is 22.8. The number of carbonyl (C=O) groups is 2. The van der Waals surface area contributed by atoms with E-state index in [9.17, 15) is 9.59 Å². The number of hydrogen-bond donors (Lipinski definition) is 0. The summed E-state index contributed by atoms with van der Waals surface area (Å²) in [6, 6.07) is 14.5. The van der Waals surface area contributed by atoms with Gasteiger partial charge >= 0.3 is 11.9 Å². The molecule has 0 bridgehead atoms. The van der Waals surface area contributed by atoms with Gasteiger partial charge in [-0.15, -0.1) is 0 Å². The molecular formula is C30H40O6. The van der Waals surface area contributed by atoms with Crippen LogP contribution in [0, 0.1) is 5.92 Å². The predicted molar refractivity (Wildman–Crippen MR) is 139 cm³/mol. The number of benzene rings is 2. The molecule has 0 aromatic heterocycles. The summed E-state index contributed by atoms with van der Waals surface area (Å²) >= 11 is 0. The molecule has 0 N–H and O–H groups in total. The molecule has 0 amide bonds. The molecule has 1 aliphatic carbocycles. The maximum Gasteiger partial charge on any atom is 0.338 e. The standard InChI is InChI=1S/C30H40O6/c1-21(2)33-18-23-10-14-26(15-11-23)29(31)35-20-28(25-8-6-5-7-9-25)36-30(32)27-16-12-24(13-17-27)19-34-22(3)4/h10-17,21-22,25,28H,5-9,18-20H2,1-4H3. The van der Waals surface area contributed by atoms with Crippen molar-refractivity contribution in [1.82, 2.24) is 0 Å². The van der Waals surface area contributed by atoms with Crippen LogP contribution < -0.4 is 0 Å². The molecule has 2 aromatic rings. The molecule has 3 rings (SSSR count). The van der Waals surface area contributed by atoms with E-state index in [0.717, 1.165) is 36.8 Å². The van der Waals surface area contributed by atoms with E-state index in [1.165, 1.54) is 6.42 Å². The first kappa shape index (κ1) is 27.9. The van der Waals surface area contributed by atoms with Gasteiger partial charge in [0.05, 0.1) is 36.5 Å². The van der Waals surface area contributed by atoms with Crippen LogP contribution in [0.15, 0.2) is 48.5 Å². The zero-order chi connectivity index (χ0) is 25.9. The molecule has 0 aliphatic heterocycles. The quantitative estimate of drug-likeness (QED) is 0.312. The molecule has 0 saturated heterocycles. The Bertz CT molecular complexity index is 942. The van der Waals surface area contributed by atoms with E-state index in [2.05, 4.69) is 0 Å². The maximum absolute atomic E-state index is 12.9. The lowest BCUT2D eigenvalue weighted by atomic mass is 9.85. The number of carbonyl (C=O) groups excluding carboxylic acids is 2. The highest BCUT2D eigenvalue weighted by molar-refractivity contribution is 5.90. The summed E-state index contributed by atoms with van der Waals surface area (Å²) in [5.41, 5.74) is 2.95. The fraction of sp³-hybridized carbons (Fsp3) is 0.533. The third-order valence-corrected chi connectivity index (χ3v) is 6.36. The molecular weight excluding hydrogens is 456 g/mol. The summed E-state index contributed by atoms with van der Waals surface area (Å²) in [7, 11) is 0. The highest BCUT2D eigenvalue weighted by Gasteiger charge is 2.29. The Morgan fingerprint density at radius 1 is 0.722 bits per heavy atom. The molecule has 0 spiro atoms. The smallest absolute Gasteiger partial charge is 0.338 e. The highest BCUT2D eigenvalue weighted by atomic mass is 16.6. The van der Waals surface area contributed by atoms with Crippen LogP contribution in [-0.4, -0.2) is 36.9 Å². The van der Waals surface area contributed by atoms with Crippen molar-refractivity contribution in [2.24, 2.45) is 5.92 Å². The second-order valence-electron chi connectivity index (χ2n) is 10.1. The predicted octanol–water partition coefficient (Wildman–Crippen LogP) is 6.50. The molecule has 0 radical (unpaired) electrons. The van der Waals surface area contributed by atoms with Crippen molar-refractivity contribution in [3.8, 4) is 0 Å². The lowest BCUT2D eigenvalue weighted by Crippen LogP contribution is -2.33. The van der Waals surface area contributed by atoms with E-state index in [4.69, 9.17) is 18.9 Å². The summed E-state index contributed by atoms with van der Waals surface area (Å²) in [5.74, 6) is -0.630. The highest BCUT2D eigenvalue weighted by Crippen LogP contribution is 2.29. The largest absolute Gasteiger partial charge is 0.458 e. The van der Waals surface area contributed by atoms with Crippen LogP contribution in [0.25, 0.3) is 0 Å². The number of ether oxygens (including phenoxy) is 4. The van der Waals surface area contributed by atoms with Gasteiger partial charge < -0.3 is 18.9 Å². The van der Waals surface area contributed by atoms with Crippen molar-refractivity contribution in [1.29, 1.82) is 0 Å². The zero-order valence-corrected chi connectivity index (χ0v) is 22.0. The van der Waals surface area contributed by atoms with Gasteiger partial charge in [0.25, 0.3) is 0 Å². The summed E-state index contributed by atoms with van der Waals surface area (Å²) in [4.78, 5) is 25.6. The first-order chi connectivity index (χ1) is 17.3. The minimum atomic E-state index is -0.468. The molecule has 1 saturated carbocycles. The number of esters is 2. The zero-order valence-electron chi connectivity index (χ0n) is 22.0. The molecule has 1 fully saturated rings. The van der Waals surface area contributed by atoms with Crippen molar-refractivity contribution < 1.29 is 28.5 Å². The fourth-order valence-corrected chi connectivity index (χ4v) is 4.22. The van der Waals surface area contributed by atoms with E-state index in [-0.39, 0.29) is 24.7 Å². The van der Waals surface area contributed by atoms with Gasteiger partial charge in [-0.2, -0.15) is 0 Å². The lowest BCUT2D eigenvalue weighted by molar-refractivity contribution is -0.0247. The topological polar surface area (TPSA) is 71.1 Å². The average molecular weight is 497 g/mol.